The Bertz CT molecular complexity index is 3050. The first-order valence-electron chi connectivity index (χ1n) is 15.7. The van der Waals surface area contributed by atoms with Gasteiger partial charge < -0.3 is 0 Å². The zero-order chi connectivity index (χ0) is 74.3. The van der Waals surface area contributed by atoms with E-state index < -0.39 is 200 Å². The molecule has 0 atom stereocenters. The predicted molar refractivity (Wildman–Crippen MR) is 193 cm³/mol. The number of sulfone groups is 12. The van der Waals surface area contributed by atoms with E-state index in [1.54, 1.807) is 0 Å². The van der Waals surface area contributed by atoms with Gasteiger partial charge in [-0.1, -0.05) is 0 Å². The van der Waals surface area contributed by atoms with E-state index >= 15 is 0 Å². The summed E-state index contributed by atoms with van der Waals surface area (Å²) >= 11 is 0. The Morgan fingerprint density at radius 3 is 0.180 bits per heavy atom. The number of halogens is 36. The third-order valence-electron chi connectivity index (χ3n) is 6.29. The Morgan fingerprint density at radius 1 is 0.124 bits per heavy atom. The second kappa shape index (κ2) is 26.1. The number of hydrogen-bond acceptors (Lipinski definition) is 24. The molecule has 73 heteroatoms. The molecular weight excluding hydrogens is 1740 g/mol. The summed E-state index contributed by atoms with van der Waals surface area (Å²) in [5.74, 6) is 0. The Morgan fingerprint density at radius 2 is 0.157 bits per heavy atom. The van der Waals surface area contributed by atoms with Gasteiger partial charge in [-0.05, 0) is 0 Å². The van der Waals surface area contributed by atoms with Crippen LogP contribution in [0.1, 0.15) is 0 Å². The van der Waals surface area contributed by atoms with Crippen molar-refractivity contribution < 1.29 is 285 Å². The van der Waals surface area contributed by atoms with Gasteiger partial charge in [0, 0.05) is 0 Å². The molecule has 0 saturated heterocycles. The average Bonchev–Trinajstić information content (AvgIpc) is 3.12. The van der Waals surface area contributed by atoms with Crippen molar-refractivity contribution in [2.45, 2.75) is 66.1 Å². The first-order chi connectivity index (χ1) is 36.5. The fourth-order valence-electron chi connectivity index (χ4n) is 2.87. The Kier molecular flexibility index (Phi) is 28.0. The summed E-state index contributed by atoms with van der Waals surface area (Å²) in [4.78, 5) is 0. The largest absolute Gasteiger partial charge is 4.00 e. The van der Waals surface area contributed by atoms with E-state index in [4.69, 9.17) is 0 Å². The predicted octanol–water partition coefficient (Wildman–Crippen LogP) is 4.95. The van der Waals surface area contributed by atoms with Crippen LogP contribution in [0.4, 0.5) is 158 Å². The molecule has 0 aliphatic rings. The fraction of sp³-hybridized carbons (Fsp3) is 0.750. The Hall–Kier alpha value is -2.24. The molecule has 0 aromatic heterocycles. The Labute approximate surface area is 482 Å². The van der Waals surface area contributed by atoms with E-state index in [-0.39, 0.29) is 26.2 Å². The van der Waals surface area contributed by atoms with Crippen LogP contribution in [-0.2, 0) is 144 Å². The van der Waals surface area contributed by atoms with Crippen molar-refractivity contribution in [2.75, 3.05) is 0 Å². The maximum atomic E-state index is 12.0. The van der Waals surface area contributed by atoms with Crippen LogP contribution in [0.25, 0.3) is 0 Å². The molecule has 0 rings (SSSR count). The van der Waals surface area contributed by atoms with Crippen molar-refractivity contribution in [2.24, 2.45) is 0 Å². The molecular formula is C16F36O24S12Zr. The molecule has 0 spiro atoms. The van der Waals surface area contributed by atoms with Crippen LogP contribution in [0.5, 0.6) is 0 Å². The van der Waals surface area contributed by atoms with Gasteiger partial charge in [-0.25, -0.2) is 0 Å². The Balaban J connectivity index is -0.000000351. The van der Waals surface area contributed by atoms with Crippen molar-refractivity contribution in [1.82, 2.24) is 0 Å². The van der Waals surface area contributed by atoms with Crippen molar-refractivity contribution in [3.63, 3.8) is 0 Å². The van der Waals surface area contributed by atoms with E-state index in [1.165, 1.54) is 0 Å². The molecule has 0 heterocycles. The third kappa shape index (κ3) is 19.0. The summed E-state index contributed by atoms with van der Waals surface area (Å²) in [6.07, 6.45) is 0. The zero-order valence-corrected chi connectivity index (χ0v) is 49.1. The third-order valence-corrected chi connectivity index (χ3v) is 34.7. The van der Waals surface area contributed by atoms with Gasteiger partial charge in [0.15, 0.2) is 118 Å². The van der Waals surface area contributed by atoms with Gasteiger partial charge >= 0.3 is 92.3 Å². The van der Waals surface area contributed by atoms with Crippen molar-refractivity contribution in [3.05, 3.63) is 15.7 Å². The van der Waals surface area contributed by atoms with Crippen LogP contribution in [0, 0.1) is 15.7 Å². The molecule has 536 valence electrons. The molecule has 0 unspecified atom stereocenters. The summed E-state index contributed by atoms with van der Waals surface area (Å²) in [5, 5.41) is 0. The topological polar surface area (TPSA) is 410 Å². The first kappa shape index (κ1) is 95.5. The smallest absolute Gasteiger partial charge is 0.251 e. The number of rotatable bonds is 12. The van der Waals surface area contributed by atoms with E-state index in [9.17, 15) is 259 Å². The molecule has 0 aliphatic carbocycles. The van der Waals surface area contributed by atoms with Crippen LogP contribution in [0.3, 0.4) is 0 Å². The van der Waals surface area contributed by atoms with Gasteiger partial charge in [-0.3, -0.25) is 101 Å². The van der Waals surface area contributed by atoms with Crippen molar-refractivity contribution >= 4 is 118 Å². The van der Waals surface area contributed by atoms with Gasteiger partial charge in [0.05, 0.1) is 15.7 Å². The van der Waals surface area contributed by atoms with Gasteiger partial charge in [-0.2, -0.15) is 158 Å². The van der Waals surface area contributed by atoms with Crippen LogP contribution in [0.15, 0.2) is 0 Å². The fourth-order valence-corrected chi connectivity index (χ4v) is 25.8. The minimum atomic E-state index is -8.02. The van der Waals surface area contributed by atoms with Crippen molar-refractivity contribution in [1.29, 1.82) is 0 Å². The quantitative estimate of drug-likeness (QED) is 0.184. The second-order valence-corrected chi connectivity index (χ2v) is 38.0. The molecule has 0 amide bonds. The standard InChI is InChI=1S/4C4F9O6S3.Zr/c4*5-2(6,7)20(14,15)1(21(16,17)3(8,9)10)22(18,19)4(11,12)13;/q4*-1;+4. The molecule has 0 N–H and O–H groups in total. The molecule has 24 nitrogen and oxygen atoms in total. The molecule has 0 radical (unpaired) electrons. The van der Waals surface area contributed by atoms with Gasteiger partial charge in [-0.15, -0.1) is 0 Å². The van der Waals surface area contributed by atoms with E-state index in [1.807, 2.05) is 0 Å². The molecule has 0 fully saturated rings. The second-order valence-electron chi connectivity index (χ2n) is 12.4. The summed E-state index contributed by atoms with van der Waals surface area (Å²) in [5.41, 5.74) is -84.7. The van der Waals surface area contributed by atoms with Gasteiger partial charge in [0.2, 0.25) is 0 Å². The van der Waals surface area contributed by atoms with Crippen LogP contribution in [-0.4, -0.2) is 167 Å². The normalized spacial score (nSPS) is 15.9. The first-order valence-corrected chi connectivity index (χ1v) is 33.5. The van der Waals surface area contributed by atoms with Gasteiger partial charge in [0.1, 0.15) is 0 Å². The van der Waals surface area contributed by atoms with E-state index in [0.29, 0.717) is 0 Å². The maximum absolute atomic E-state index is 12.0. The van der Waals surface area contributed by atoms with Crippen LogP contribution >= 0.6 is 0 Å². The van der Waals surface area contributed by atoms with Gasteiger partial charge in [0.25, 0.3) is 0 Å². The maximum Gasteiger partial charge on any atom is 4.00 e. The van der Waals surface area contributed by atoms with Crippen LogP contribution < -0.4 is 0 Å². The average molecular weight is 1740 g/mol. The molecule has 0 saturated carbocycles. The summed E-state index contributed by atoms with van der Waals surface area (Å²) < 4.78 is 670. The zero-order valence-electron chi connectivity index (χ0n) is 36.8. The molecule has 0 bridgehead atoms. The van der Waals surface area contributed by atoms with Crippen molar-refractivity contribution in [3.8, 4) is 0 Å². The molecule has 0 aromatic rings. The van der Waals surface area contributed by atoms with Crippen LogP contribution in [0.2, 0.25) is 0 Å². The SMILES string of the molecule is O=S(=O)([C-](S(=O)(=O)C(F)(F)F)S(=O)(=O)C(F)(F)F)C(F)(F)F.O=S(=O)([C-](S(=O)(=O)C(F)(F)F)S(=O)(=O)C(F)(F)F)C(F)(F)F.O=S(=O)([C-](S(=O)(=O)C(F)(F)F)S(=O)(=O)C(F)(F)F)C(F)(F)F.O=S(=O)([C-](S(=O)(=O)C(F)(F)F)S(=O)(=O)C(F)(F)F)C(F)(F)F.[Zr+4]. The minimum absolute atomic E-state index is 0. The molecule has 89 heavy (non-hydrogen) atoms. The summed E-state index contributed by atoms with van der Waals surface area (Å²) in [6.45, 7) is 0. The summed E-state index contributed by atoms with van der Waals surface area (Å²) in [6, 6.07) is 0. The number of hydrogen-bond donors (Lipinski definition) is 0. The number of alkyl halides is 36. The molecule has 0 aliphatic heterocycles. The minimum Gasteiger partial charge on any atom is -0.251 e. The molecule has 0 aromatic carbocycles. The van der Waals surface area contributed by atoms with E-state index in [0.717, 1.165) is 0 Å². The summed E-state index contributed by atoms with van der Waals surface area (Å²) in [7, 11) is -96.2. The van der Waals surface area contributed by atoms with E-state index in [2.05, 4.69) is 0 Å². The monoisotopic (exact) mass is 1730 g/mol.